The van der Waals surface area contributed by atoms with Crippen molar-refractivity contribution in [1.82, 2.24) is 0 Å². The molecule has 1 aromatic carbocycles. The summed E-state index contributed by atoms with van der Waals surface area (Å²) in [5.41, 5.74) is 1.82. The van der Waals surface area contributed by atoms with Crippen LogP contribution in [-0.2, 0) is 20.7 Å². The Labute approximate surface area is 130 Å². The van der Waals surface area contributed by atoms with Gasteiger partial charge in [0.05, 0.1) is 13.0 Å². The zero-order valence-electron chi connectivity index (χ0n) is 13.2. The Morgan fingerprint density at radius 3 is 2.77 bits per heavy atom. The fourth-order valence-electron chi connectivity index (χ4n) is 2.28. The lowest BCUT2D eigenvalue weighted by atomic mass is 10.00. The Balaban J connectivity index is 0.00000116. The smallest absolute Gasteiger partial charge is 0.309 e. The van der Waals surface area contributed by atoms with Gasteiger partial charge in [-0.05, 0) is 43.5 Å². The number of ether oxygens (including phenoxy) is 2. The molecular formula is C16H23NO5. The van der Waals surface area contributed by atoms with Crippen LogP contribution in [-0.4, -0.2) is 36.8 Å². The first-order chi connectivity index (χ1) is 10.6. The number of anilines is 1. The average molecular weight is 309 g/mol. The van der Waals surface area contributed by atoms with Crippen LogP contribution in [0, 0.1) is 0 Å². The Morgan fingerprint density at radius 2 is 2.14 bits per heavy atom. The van der Waals surface area contributed by atoms with E-state index in [-0.39, 0.29) is 24.4 Å². The summed E-state index contributed by atoms with van der Waals surface area (Å²) in [6.07, 6.45) is 1.75. The number of amides is 1. The van der Waals surface area contributed by atoms with Gasteiger partial charge in [0.15, 0.2) is 0 Å². The molecule has 2 N–H and O–H groups in total. The van der Waals surface area contributed by atoms with Crippen LogP contribution in [0.1, 0.15) is 32.3 Å². The summed E-state index contributed by atoms with van der Waals surface area (Å²) >= 11 is 0. The van der Waals surface area contributed by atoms with Gasteiger partial charge in [-0.15, -0.1) is 0 Å². The van der Waals surface area contributed by atoms with E-state index in [1.54, 1.807) is 13.0 Å². The van der Waals surface area contributed by atoms with Crippen LogP contribution < -0.4 is 10.1 Å². The number of esters is 1. The number of carbonyl (C=O) groups is 2. The number of benzene rings is 1. The minimum atomic E-state index is -0.226. The van der Waals surface area contributed by atoms with Gasteiger partial charge in [-0.3, -0.25) is 9.59 Å². The van der Waals surface area contributed by atoms with Crippen molar-refractivity contribution in [3.05, 3.63) is 23.8 Å². The van der Waals surface area contributed by atoms with E-state index >= 15 is 0 Å². The molecule has 1 amide bonds. The zero-order valence-corrected chi connectivity index (χ0v) is 13.2. The van der Waals surface area contributed by atoms with Gasteiger partial charge in [-0.25, -0.2) is 0 Å². The predicted molar refractivity (Wildman–Crippen MR) is 82.9 cm³/mol. The fraction of sp³-hybridized carbons (Fsp3) is 0.500. The van der Waals surface area contributed by atoms with Crippen molar-refractivity contribution in [3.8, 4) is 5.75 Å². The minimum Gasteiger partial charge on any atom is -0.490 e. The molecule has 6 nitrogen and oxygen atoms in total. The third-order valence-electron chi connectivity index (χ3n) is 3.11. The summed E-state index contributed by atoms with van der Waals surface area (Å²) in [6.45, 7) is 3.66. The highest BCUT2D eigenvalue weighted by Crippen LogP contribution is 2.31. The van der Waals surface area contributed by atoms with Gasteiger partial charge in [0, 0.05) is 19.7 Å². The summed E-state index contributed by atoms with van der Waals surface area (Å²) < 4.78 is 10.7. The molecule has 0 saturated heterocycles. The van der Waals surface area contributed by atoms with Crippen LogP contribution in [0.2, 0.25) is 0 Å². The lowest BCUT2D eigenvalue weighted by Gasteiger charge is -2.26. The number of aliphatic hydroxyl groups is 1. The van der Waals surface area contributed by atoms with Crippen LogP contribution in [0.25, 0.3) is 0 Å². The largest absolute Gasteiger partial charge is 0.490 e. The van der Waals surface area contributed by atoms with E-state index in [1.807, 2.05) is 12.1 Å². The predicted octanol–water partition coefficient (Wildman–Crippen LogP) is 1.90. The highest BCUT2D eigenvalue weighted by Gasteiger charge is 2.23. The van der Waals surface area contributed by atoms with E-state index in [1.165, 1.54) is 6.92 Å². The summed E-state index contributed by atoms with van der Waals surface area (Å²) in [5.74, 6) is 0.456. The third kappa shape index (κ3) is 5.37. The first-order valence-electron chi connectivity index (χ1n) is 7.26. The first-order valence-corrected chi connectivity index (χ1v) is 7.26. The summed E-state index contributed by atoms with van der Waals surface area (Å²) in [4.78, 5) is 22.5. The standard InChI is InChI=1S/C15H19NO4.CH4O/c1-3-19-15(18)9-13-6-4-11-8-12(16-10(2)17)5-7-14(11)20-13;1-2/h5,7-8,13H,3-4,6,9H2,1-2H3,(H,16,17);2H,1H3. The van der Waals surface area contributed by atoms with Crippen LogP contribution in [0.15, 0.2) is 18.2 Å². The molecule has 2 rings (SSSR count). The van der Waals surface area contributed by atoms with Crippen LogP contribution >= 0.6 is 0 Å². The normalized spacial score (nSPS) is 15.5. The summed E-state index contributed by atoms with van der Waals surface area (Å²) in [7, 11) is 1.00. The van der Waals surface area contributed by atoms with Crippen molar-refractivity contribution in [1.29, 1.82) is 0 Å². The Morgan fingerprint density at radius 1 is 1.41 bits per heavy atom. The molecule has 1 aliphatic heterocycles. The molecule has 6 heteroatoms. The Kier molecular flexibility index (Phi) is 7.39. The quantitative estimate of drug-likeness (QED) is 0.830. The minimum absolute atomic E-state index is 0.0955. The molecule has 1 aromatic rings. The number of carbonyl (C=O) groups excluding carboxylic acids is 2. The van der Waals surface area contributed by atoms with E-state index in [4.69, 9.17) is 14.6 Å². The number of nitrogens with one attached hydrogen (secondary N) is 1. The molecule has 0 saturated carbocycles. The van der Waals surface area contributed by atoms with E-state index in [9.17, 15) is 9.59 Å². The van der Waals surface area contributed by atoms with Gasteiger partial charge in [-0.1, -0.05) is 0 Å². The highest BCUT2D eigenvalue weighted by atomic mass is 16.5. The van der Waals surface area contributed by atoms with Gasteiger partial charge in [-0.2, -0.15) is 0 Å². The molecular weight excluding hydrogens is 286 g/mol. The molecule has 1 aliphatic rings. The molecule has 22 heavy (non-hydrogen) atoms. The summed E-state index contributed by atoms with van der Waals surface area (Å²) in [6, 6.07) is 5.54. The lowest BCUT2D eigenvalue weighted by Crippen LogP contribution is -2.26. The SMILES string of the molecule is CCOC(=O)CC1CCc2cc(NC(C)=O)ccc2O1.CO. The van der Waals surface area contributed by atoms with Crippen LogP contribution in [0.5, 0.6) is 5.75 Å². The molecule has 122 valence electrons. The maximum Gasteiger partial charge on any atom is 0.309 e. The number of hydrogen-bond donors (Lipinski definition) is 2. The Bertz CT molecular complexity index is 515. The van der Waals surface area contributed by atoms with Crippen molar-refractivity contribution < 1.29 is 24.2 Å². The molecule has 0 bridgehead atoms. The molecule has 0 radical (unpaired) electrons. The molecule has 1 heterocycles. The van der Waals surface area contributed by atoms with Gasteiger partial charge in [0.25, 0.3) is 0 Å². The number of rotatable bonds is 4. The lowest BCUT2D eigenvalue weighted by molar-refractivity contribution is -0.145. The second-order valence-electron chi connectivity index (χ2n) is 4.79. The van der Waals surface area contributed by atoms with E-state index in [0.29, 0.717) is 6.61 Å². The van der Waals surface area contributed by atoms with E-state index < -0.39 is 0 Å². The maximum absolute atomic E-state index is 11.4. The molecule has 1 unspecified atom stereocenters. The van der Waals surface area contributed by atoms with Crippen LogP contribution in [0.3, 0.4) is 0 Å². The van der Waals surface area contributed by atoms with E-state index in [0.717, 1.165) is 37.0 Å². The molecule has 1 atom stereocenters. The number of hydrogen-bond acceptors (Lipinski definition) is 5. The fourth-order valence-corrected chi connectivity index (χ4v) is 2.28. The first kappa shape index (κ1) is 18.0. The number of aryl methyl sites for hydroxylation is 1. The third-order valence-corrected chi connectivity index (χ3v) is 3.11. The van der Waals surface area contributed by atoms with Crippen molar-refractivity contribution in [2.24, 2.45) is 0 Å². The Hall–Kier alpha value is -2.08. The van der Waals surface area contributed by atoms with E-state index in [2.05, 4.69) is 5.32 Å². The van der Waals surface area contributed by atoms with Gasteiger partial charge >= 0.3 is 5.97 Å². The van der Waals surface area contributed by atoms with Crippen molar-refractivity contribution >= 4 is 17.6 Å². The van der Waals surface area contributed by atoms with Crippen LogP contribution in [0.4, 0.5) is 5.69 Å². The van der Waals surface area contributed by atoms with Gasteiger partial charge in [0.1, 0.15) is 11.9 Å². The second-order valence-corrected chi connectivity index (χ2v) is 4.79. The van der Waals surface area contributed by atoms with Crippen molar-refractivity contribution in [3.63, 3.8) is 0 Å². The molecule has 0 aromatic heterocycles. The highest BCUT2D eigenvalue weighted by molar-refractivity contribution is 5.88. The molecule has 0 spiro atoms. The second kappa shape index (κ2) is 9.04. The van der Waals surface area contributed by atoms with Crippen molar-refractivity contribution in [2.75, 3.05) is 19.0 Å². The molecule has 0 aliphatic carbocycles. The average Bonchev–Trinajstić information content (AvgIpc) is 2.49. The van der Waals surface area contributed by atoms with Gasteiger partial charge in [0.2, 0.25) is 5.91 Å². The number of fused-ring (bicyclic) bond motifs is 1. The maximum atomic E-state index is 11.4. The zero-order chi connectivity index (χ0) is 16.5. The molecule has 0 fully saturated rings. The summed E-state index contributed by atoms with van der Waals surface area (Å²) in [5, 5.41) is 9.75. The topological polar surface area (TPSA) is 84.9 Å². The number of aliphatic hydroxyl groups excluding tert-OH is 1. The van der Waals surface area contributed by atoms with Gasteiger partial charge < -0.3 is 19.9 Å². The van der Waals surface area contributed by atoms with Crippen molar-refractivity contribution in [2.45, 2.75) is 39.2 Å². The monoisotopic (exact) mass is 309 g/mol.